The summed E-state index contributed by atoms with van der Waals surface area (Å²) in [5, 5.41) is 5.88. The van der Waals surface area contributed by atoms with Crippen LogP contribution in [0.25, 0.3) is 22.3 Å². The van der Waals surface area contributed by atoms with E-state index in [0.717, 1.165) is 17.4 Å². The van der Waals surface area contributed by atoms with Crippen LogP contribution < -0.4 is 5.32 Å². The third-order valence-electron chi connectivity index (χ3n) is 4.33. The second kappa shape index (κ2) is 8.54. The van der Waals surface area contributed by atoms with Crippen LogP contribution in [-0.2, 0) is 11.0 Å². The Hall–Kier alpha value is -2.39. The fourth-order valence-corrected chi connectivity index (χ4v) is 3.78. The van der Waals surface area contributed by atoms with Gasteiger partial charge < -0.3 is 5.32 Å². The molecule has 0 atom stereocenters. The van der Waals surface area contributed by atoms with E-state index in [4.69, 9.17) is 11.6 Å². The molecule has 0 saturated heterocycles. The summed E-state index contributed by atoms with van der Waals surface area (Å²) < 4.78 is 40.3. The summed E-state index contributed by atoms with van der Waals surface area (Å²) >= 11 is 6.68. The third kappa shape index (κ3) is 4.62. The first-order valence-corrected chi connectivity index (χ1v) is 10.1. The van der Waals surface area contributed by atoms with E-state index in [1.165, 1.54) is 12.2 Å². The molecule has 154 valence electrons. The molecule has 2 heterocycles. The van der Waals surface area contributed by atoms with Crippen molar-refractivity contribution in [1.82, 2.24) is 19.9 Å². The van der Waals surface area contributed by atoms with Crippen LogP contribution in [0.5, 0.6) is 0 Å². The van der Waals surface area contributed by atoms with Crippen LogP contribution in [0.15, 0.2) is 30.3 Å². The van der Waals surface area contributed by atoms with Crippen molar-refractivity contribution in [3.8, 4) is 11.3 Å². The van der Waals surface area contributed by atoms with E-state index in [-0.39, 0.29) is 22.6 Å². The highest BCUT2D eigenvalue weighted by Crippen LogP contribution is 2.36. The number of amides is 1. The van der Waals surface area contributed by atoms with Gasteiger partial charge in [0, 0.05) is 17.7 Å². The van der Waals surface area contributed by atoms with Crippen molar-refractivity contribution in [3.05, 3.63) is 46.1 Å². The first-order chi connectivity index (χ1) is 13.7. The van der Waals surface area contributed by atoms with Gasteiger partial charge in [0.05, 0.1) is 10.7 Å². The van der Waals surface area contributed by atoms with Crippen LogP contribution in [0.2, 0.25) is 5.02 Å². The van der Waals surface area contributed by atoms with Crippen LogP contribution in [0.3, 0.4) is 0 Å². The predicted molar refractivity (Wildman–Crippen MR) is 108 cm³/mol. The minimum Gasteiger partial charge on any atom is -0.350 e. The largest absolute Gasteiger partial charge is 0.445 e. The van der Waals surface area contributed by atoms with E-state index in [2.05, 4.69) is 15.4 Å². The number of imidazole rings is 1. The van der Waals surface area contributed by atoms with Gasteiger partial charge in [0.1, 0.15) is 5.69 Å². The van der Waals surface area contributed by atoms with Gasteiger partial charge in [-0.1, -0.05) is 55.0 Å². The molecule has 1 aromatic carbocycles. The molecule has 0 saturated carbocycles. The summed E-state index contributed by atoms with van der Waals surface area (Å²) in [4.78, 5) is 16.6. The fraction of sp³-hybridized carbons (Fsp3) is 0.316. The molecule has 1 amide bonds. The zero-order chi connectivity index (χ0) is 21.2. The second-order valence-corrected chi connectivity index (χ2v) is 7.64. The monoisotopic (exact) mass is 442 g/mol. The van der Waals surface area contributed by atoms with E-state index in [0.29, 0.717) is 27.6 Å². The maximum absolute atomic E-state index is 13.1. The lowest BCUT2D eigenvalue weighted by molar-refractivity contribution is -0.138. The Kier molecular flexibility index (Phi) is 6.28. The molecular formula is C19H18ClF3N4OS. The van der Waals surface area contributed by atoms with Crippen LogP contribution in [0.4, 0.5) is 13.2 Å². The first-order valence-electron chi connectivity index (χ1n) is 8.94. The lowest BCUT2D eigenvalue weighted by Gasteiger charge is -2.12. The number of hydrogen-bond acceptors (Lipinski definition) is 4. The fourth-order valence-electron chi connectivity index (χ4n) is 2.78. The van der Waals surface area contributed by atoms with Crippen LogP contribution >= 0.6 is 22.9 Å². The molecule has 1 N–H and O–H groups in total. The number of nitrogens with zero attached hydrogens (tertiary/aromatic N) is 3. The second-order valence-electron chi connectivity index (χ2n) is 6.28. The Morgan fingerprint density at radius 3 is 2.62 bits per heavy atom. The average Bonchev–Trinajstić information content (AvgIpc) is 3.23. The van der Waals surface area contributed by atoms with Crippen molar-refractivity contribution in [2.24, 2.45) is 0 Å². The number of fused-ring (bicyclic) bond motifs is 1. The van der Waals surface area contributed by atoms with Gasteiger partial charge in [-0.25, -0.2) is 9.50 Å². The lowest BCUT2D eigenvalue weighted by atomic mass is 10.1. The van der Waals surface area contributed by atoms with Gasteiger partial charge in [0.25, 0.3) is 0 Å². The number of benzene rings is 1. The Balaban J connectivity index is 2.07. The SMILES string of the molecule is CCC(CC)NC(=O)/C=C/c1c(-c2ccccc2Cl)nc2sc(C(F)(F)F)nn12. The zero-order valence-corrected chi connectivity index (χ0v) is 17.2. The minimum atomic E-state index is -4.58. The molecule has 3 aromatic rings. The van der Waals surface area contributed by atoms with Crippen LogP contribution in [-0.4, -0.2) is 26.5 Å². The van der Waals surface area contributed by atoms with E-state index in [9.17, 15) is 18.0 Å². The standard InChI is InChI=1S/C19H18ClF3N4OS/c1-3-11(4-2)24-15(28)10-9-14-16(12-7-5-6-8-13(12)20)25-18-27(14)26-17(29-18)19(21,22)23/h5-11H,3-4H2,1-2H3,(H,24,28)/b10-9+. The molecule has 0 bridgehead atoms. The molecule has 0 radical (unpaired) electrons. The van der Waals surface area contributed by atoms with Gasteiger partial charge in [0.2, 0.25) is 15.9 Å². The van der Waals surface area contributed by atoms with Crippen molar-refractivity contribution in [1.29, 1.82) is 0 Å². The van der Waals surface area contributed by atoms with Crippen molar-refractivity contribution in [2.75, 3.05) is 0 Å². The predicted octanol–water partition coefficient (Wildman–Crippen LogP) is 5.45. The van der Waals surface area contributed by atoms with E-state index in [1.807, 2.05) is 13.8 Å². The number of nitrogens with one attached hydrogen (secondary N) is 1. The van der Waals surface area contributed by atoms with Gasteiger partial charge in [-0.3, -0.25) is 4.79 Å². The summed E-state index contributed by atoms with van der Waals surface area (Å²) in [6.45, 7) is 3.92. The molecule has 2 aromatic heterocycles. The molecule has 0 fully saturated rings. The van der Waals surface area contributed by atoms with Gasteiger partial charge >= 0.3 is 6.18 Å². The summed E-state index contributed by atoms with van der Waals surface area (Å²) in [6.07, 6.45) is -0.341. The Labute approximate surface area is 174 Å². The molecule has 5 nitrogen and oxygen atoms in total. The Morgan fingerprint density at radius 2 is 2.00 bits per heavy atom. The molecule has 0 aliphatic rings. The number of carbonyl (C=O) groups excluding carboxylic acids is 1. The number of carbonyl (C=O) groups is 1. The van der Waals surface area contributed by atoms with Gasteiger partial charge in [-0.2, -0.15) is 13.2 Å². The van der Waals surface area contributed by atoms with Gasteiger partial charge in [-0.05, 0) is 25.0 Å². The number of alkyl halides is 3. The topological polar surface area (TPSA) is 59.3 Å². The first kappa shape index (κ1) is 21.3. The maximum atomic E-state index is 13.1. The molecule has 0 unspecified atom stereocenters. The summed E-state index contributed by atoms with van der Waals surface area (Å²) in [7, 11) is 0. The lowest BCUT2D eigenvalue weighted by Crippen LogP contribution is -2.32. The normalized spacial score (nSPS) is 12.4. The van der Waals surface area contributed by atoms with Crippen LogP contribution in [0.1, 0.15) is 37.4 Å². The van der Waals surface area contributed by atoms with Crippen LogP contribution in [0, 0.1) is 0 Å². The summed E-state index contributed by atoms with van der Waals surface area (Å²) in [5.74, 6) is -0.343. The molecule has 10 heteroatoms. The highest BCUT2D eigenvalue weighted by atomic mass is 35.5. The third-order valence-corrected chi connectivity index (χ3v) is 5.62. The highest BCUT2D eigenvalue weighted by molar-refractivity contribution is 7.16. The van der Waals surface area contributed by atoms with Crippen molar-refractivity contribution in [3.63, 3.8) is 0 Å². The highest BCUT2D eigenvalue weighted by Gasteiger charge is 2.36. The Bertz CT molecular complexity index is 1050. The van der Waals surface area contributed by atoms with Crippen molar-refractivity contribution < 1.29 is 18.0 Å². The summed E-state index contributed by atoms with van der Waals surface area (Å²) in [6, 6.07) is 6.88. The number of aromatic nitrogens is 3. The van der Waals surface area contributed by atoms with Gasteiger partial charge in [-0.15, -0.1) is 5.10 Å². The molecule has 3 rings (SSSR count). The zero-order valence-electron chi connectivity index (χ0n) is 15.6. The van der Waals surface area contributed by atoms with E-state index >= 15 is 0 Å². The maximum Gasteiger partial charge on any atom is 0.445 e. The molecule has 29 heavy (non-hydrogen) atoms. The molecule has 0 aliphatic heterocycles. The Morgan fingerprint density at radius 1 is 1.31 bits per heavy atom. The smallest absolute Gasteiger partial charge is 0.350 e. The summed E-state index contributed by atoms with van der Waals surface area (Å²) in [5.41, 5.74) is 1.15. The number of rotatable bonds is 6. The van der Waals surface area contributed by atoms with E-state index < -0.39 is 11.2 Å². The van der Waals surface area contributed by atoms with Crippen molar-refractivity contribution in [2.45, 2.75) is 38.9 Å². The molecule has 0 aliphatic carbocycles. The average molecular weight is 443 g/mol. The molecule has 0 spiro atoms. The number of halogens is 4. The minimum absolute atomic E-state index is 0.0248. The molecular weight excluding hydrogens is 425 g/mol. The van der Waals surface area contributed by atoms with E-state index in [1.54, 1.807) is 24.3 Å². The van der Waals surface area contributed by atoms with Crippen molar-refractivity contribution >= 4 is 39.9 Å². The quantitative estimate of drug-likeness (QED) is 0.516. The van der Waals surface area contributed by atoms with Gasteiger partial charge in [0.15, 0.2) is 0 Å². The number of hydrogen-bond donors (Lipinski definition) is 1.